The van der Waals surface area contributed by atoms with Gasteiger partial charge in [0.15, 0.2) is 0 Å². The molecule has 0 atom stereocenters. The first kappa shape index (κ1) is 22.0. The van der Waals surface area contributed by atoms with E-state index in [-0.39, 0.29) is 42.1 Å². The summed E-state index contributed by atoms with van der Waals surface area (Å²) in [6, 6.07) is 14.4. The standard InChI is InChI=1S/C23H26N4O4S/c1-16-6-8-19(9-7-16)32(30,31)27-12-10-17(11-13-27)23(29)26-25-22(28)14-18-15-24-21-5-3-2-4-20(18)21/h2-9,15,17,24H,10-14H2,1H3,(H,25,28)(H,26,29). The topological polar surface area (TPSA) is 111 Å². The highest BCUT2D eigenvalue weighted by atomic mass is 32.2. The van der Waals surface area contributed by atoms with Crippen molar-refractivity contribution >= 4 is 32.7 Å². The predicted molar refractivity (Wildman–Crippen MR) is 121 cm³/mol. The fourth-order valence-corrected chi connectivity index (χ4v) is 5.42. The van der Waals surface area contributed by atoms with Crippen molar-refractivity contribution in [3.63, 3.8) is 0 Å². The molecule has 0 radical (unpaired) electrons. The molecule has 9 heteroatoms. The number of hydrogen-bond acceptors (Lipinski definition) is 4. The summed E-state index contributed by atoms with van der Waals surface area (Å²) < 4.78 is 27.0. The van der Waals surface area contributed by atoms with Crippen molar-refractivity contribution in [1.82, 2.24) is 20.1 Å². The average molecular weight is 455 g/mol. The minimum atomic E-state index is -3.57. The van der Waals surface area contributed by atoms with Crippen LogP contribution in [0.25, 0.3) is 10.9 Å². The summed E-state index contributed by atoms with van der Waals surface area (Å²) in [7, 11) is -3.57. The van der Waals surface area contributed by atoms with Gasteiger partial charge in [-0.05, 0) is 43.5 Å². The van der Waals surface area contributed by atoms with E-state index in [4.69, 9.17) is 0 Å². The lowest BCUT2D eigenvalue weighted by Crippen LogP contribution is -2.48. The Morgan fingerprint density at radius 2 is 1.72 bits per heavy atom. The molecule has 0 spiro atoms. The van der Waals surface area contributed by atoms with Crippen molar-refractivity contribution in [3.8, 4) is 0 Å². The fraction of sp³-hybridized carbons (Fsp3) is 0.304. The van der Waals surface area contributed by atoms with Crippen LogP contribution in [0.2, 0.25) is 0 Å². The first-order valence-electron chi connectivity index (χ1n) is 10.5. The maximum absolute atomic E-state index is 12.8. The van der Waals surface area contributed by atoms with Crippen LogP contribution in [0.3, 0.4) is 0 Å². The van der Waals surface area contributed by atoms with Crippen LogP contribution in [0.1, 0.15) is 24.0 Å². The number of sulfonamides is 1. The molecule has 1 aliphatic rings. The Balaban J connectivity index is 1.27. The van der Waals surface area contributed by atoms with E-state index in [0.29, 0.717) is 12.8 Å². The Labute approximate surface area is 187 Å². The third-order valence-electron chi connectivity index (χ3n) is 5.83. The van der Waals surface area contributed by atoms with Gasteiger partial charge in [0.1, 0.15) is 0 Å². The largest absolute Gasteiger partial charge is 0.361 e. The maximum Gasteiger partial charge on any atom is 0.243 e. The van der Waals surface area contributed by atoms with E-state index >= 15 is 0 Å². The molecule has 2 aromatic carbocycles. The van der Waals surface area contributed by atoms with E-state index in [1.807, 2.05) is 31.2 Å². The number of nitrogens with one attached hydrogen (secondary N) is 3. The molecule has 3 aromatic rings. The second kappa shape index (κ2) is 9.13. The zero-order valence-corrected chi connectivity index (χ0v) is 18.6. The number of hydrogen-bond donors (Lipinski definition) is 3. The minimum absolute atomic E-state index is 0.136. The van der Waals surface area contributed by atoms with Gasteiger partial charge in [0.25, 0.3) is 0 Å². The van der Waals surface area contributed by atoms with Crippen molar-refractivity contribution in [2.75, 3.05) is 13.1 Å². The third-order valence-corrected chi connectivity index (χ3v) is 7.75. The number of para-hydroxylation sites is 1. The van der Waals surface area contributed by atoms with Crippen molar-refractivity contribution in [2.45, 2.75) is 31.1 Å². The lowest BCUT2D eigenvalue weighted by Gasteiger charge is -2.30. The molecule has 168 valence electrons. The van der Waals surface area contributed by atoms with Crippen LogP contribution in [-0.2, 0) is 26.0 Å². The van der Waals surface area contributed by atoms with Crippen LogP contribution in [0, 0.1) is 12.8 Å². The van der Waals surface area contributed by atoms with E-state index in [0.717, 1.165) is 22.0 Å². The van der Waals surface area contributed by atoms with Crippen LogP contribution in [-0.4, -0.2) is 42.6 Å². The summed E-state index contributed by atoms with van der Waals surface area (Å²) in [5, 5.41) is 0.969. The van der Waals surface area contributed by atoms with Gasteiger partial charge in [0, 0.05) is 36.1 Å². The second-order valence-electron chi connectivity index (χ2n) is 8.07. The number of nitrogens with zero attached hydrogens (tertiary/aromatic N) is 1. The van der Waals surface area contributed by atoms with Gasteiger partial charge in [-0.1, -0.05) is 35.9 Å². The van der Waals surface area contributed by atoms with Crippen molar-refractivity contribution in [1.29, 1.82) is 0 Å². The van der Waals surface area contributed by atoms with Gasteiger partial charge in [-0.2, -0.15) is 4.31 Å². The van der Waals surface area contributed by atoms with Crippen molar-refractivity contribution in [3.05, 3.63) is 65.9 Å². The summed E-state index contributed by atoms with van der Waals surface area (Å²) in [6.07, 6.45) is 2.72. The third kappa shape index (κ3) is 4.68. The summed E-state index contributed by atoms with van der Waals surface area (Å²) in [5.41, 5.74) is 7.75. The van der Waals surface area contributed by atoms with Gasteiger partial charge >= 0.3 is 0 Å². The van der Waals surface area contributed by atoms with Gasteiger partial charge in [-0.15, -0.1) is 0 Å². The number of amides is 2. The van der Waals surface area contributed by atoms with Gasteiger partial charge < -0.3 is 4.98 Å². The average Bonchev–Trinajstić information content (AvgIpc) is 3.20. The SMILES string of the molecule is Cc1ccc(S(=O)(=O)N2CCC(C(=O)NNC(=O)Cc3c[nH]c4ccccc34)CC2)cc1. The van der Waals surface area contributed by atoms with Crippen LogP contribution in [0.15, 0.2) is 59.6 Å². The highest BCUT2D eigenvalue weighted by Gasteiger charge is 2.32. The zero-order chi connectivity index (χ0) is 22.7. The first-order chi connectivity index (χ1) is 15.3. The van der Waals surface area contributed by atoms with Crippen LogP contribution >= 0.6 is 0 Å². The molecule has 2 heterocycles. The van der Waals surface area contributed by atoms with E-state index in [9.17, 15) is 18.0 Å². The number of hydrazine groups is 1. The maximum atomic E-state index is 12.8. The molecule has 3 N–H and O–H groups in total. The molecule has 0 saturated carbocycles. The highest BCUT2D eigenvalue weighted by Crippen LogP contribution is 2.24. The van der Waals surface area contributed by atoms with Gasteiger partial charge in [0.2, 0.25) is 21.8 Å². The molecule has 1 aliphatic heterocycles. The van der Waals surface area contributed by atoms with Crippen LogP contribution in [0.4, 0.5) is 0 Å². The first-order valence-corrected chi connectivity index (χ1v) is 12.0. The molecular formula is C23H26N4O4S. The number of benzene rings is 2. The van der Waals surface area contributed by atoms with Crippen molar-refractivity contribution < 1.29 is 18.0 Å². The smallest absolute Gasteiger partial charge is 0.243 e. The molecular weight excluding hydrogens is 428 g/mol. The van der Waals surface area contributed by atoms with Crippen LogP contribution < -0.4 is 10.9 Å². The molecule has 4 rings (SSSR count). The summed E-state index contributed by atoms with van der Waals surface area (Å²) in [5.74, 6) is -0.972. The Kier molecular flexibility index (Phi) is 6.29. The molecule has 1 fully saturated rings. The molecule has 32 heavy (non-hydrogen) atoms. The van der Waals surface area contributed by atoms with Crippen molar-refractivity contribution in [2.24, 2.45) is 5.92 Å². The van der Waals surface area contributed by atoms with Crippen LogP contribution in [0.5, 0.6) is 0 Å². The Bertz CT molecular complexity index is 1230. The number of aromatic nitrogens is 1. The number of fused-ring (bicyclic) bond motifs is 1. The molecule has 1 aromatic heterocycles. The van der Waals surface area contributed by atoms with Gasteiger partial charge in [-0.3, -0.25) is 20.4 Å². The Hall–Kier alpha value is -3.17. The summed E-state index contributed by atoms with van der Waals surface area (Å²) in [6.45, 7) is 2.43. The number of aromatic amines is 1. The van der Waals surface area contributed by atoms with E-state index < -0.39 is 10.0 Å². The molecule has 8 nitrogen and oxygen atoms in total. The summed E-state index contributed by atoms with van der Waals surface area (Å²) in [4.78, 5) is 28.1. The van der Waals surface area contributed by atoms with Gasteiger partial charge in [0.05, 0.1) is 11.3 Å². The van der Waals surface area contributed by atoms with E-state index in [2.05, 4.69) is 15.8 Å². The lowest BCUT2D eigenvalue weighted by molar-refractivity contribution is -0.131. The monoisotopic (exact) mass is 454 g/mol. The number of aryl methyl sites for hydroxylation is 1. The van der Waals surface area contributed by atoms with E-state index in [1.54, 1.807) is 30.5 Å². The normalized spacial score (nSPS) is 15.5. The molecule has 0 bridgehead atoms. The highest BCUT2D eigenvalue weighted by molar-refractivity contribution is 7.89. The number of piperidine rings is 1. The summed E-state index contributed by atoms with van der Waals surface area (Å²) >= 11 is 0. The number of carbonyl (C=O) groups is 2. The second-order valence-corrected chi connectivity index (χ2v) is 10.0. The molecule has 2 amide bonds. The Morgan fingerprint density at radius 3 is 2.44 bits per heavy atom. The number of H-pyrrole nitrogens is 1. The fourth-order valence-electron chi connectivity index (χ4n) is 3.95. The predicted octanol–water partition coefficient (Wildman–Crippen LogP) is 2.27. The molecule has 0 unspecified atom stereocenters. The lowest BCUT2D eigenvalue weighted by atomic mass is 9.98. The zero-order valence-electron chi connectivity index (χ0n) is 17.8. The molecule has 1 saturated heterocycles. The quantitative estimate of drug-likeness (QED) is 0.514. The Morgan fingerprint density at radius 1 is 1.03 bits per heavy atom. The number of rotatable bonds is 5. The minimum Gasteiger partial charge on any atom is -0.361 e. The van der Waals surface area contributed by atoms with Gasteiger partial charge in [-0.25, -0.2) is 8.42 Å². The number of carbonyl (C=O) groups excluding carboxylic acids is 2. The van der Waals surface area contributed by atoms with E-state index in [1.165, 1.54) is 4.31 Å². The molecule has 0 aliphatic carbocycles.